The second-order valence-electron chi connectivity index (χ2n) is 7.08. The Balaban J connectivity index is 1.41. The van der Waals surface area contributed by atoms with Crippen LogP contribution in [0, 0.1) is 0 Å². The summed E-state index contributed by atoms with van der Waals surface area (Å²) in [5.74, 6) is 0.769. The Kier molecular flexibility index (Phi) is 9.37. The fourth-order valence-electron chi connectivity index (χ4n) is 2.70. The van der Waals surface area contributed by atoms with Crippen molar-refractivity contribution in [1.82, 2.24) is 5.43 Å². The summed E-state index contributed by atoms with van der Waals surface area (Å²) >= 11 is 7.30. The molecule has 0 heterocycles. The molecule has 0 aromatic heterocycles. The summed E-state index contributed by atoms with van der Waals surface area (Å²) in [6.45, 7) is 1.68. The second kappa shape index (κ2) is 12.7. The number of amides is 2. The van der Waals surface area contributed by atoms with Crippen LogP contribution in [0.2, 0.25) is 5.02 Å². The molecule has 3 aromatic rings. The molecule has 1 atom stereocenters. The summed E-state index contributed by atoms with van der Waals surface area (Å²) in [7, 11) is 1.58. The molecule has 0 fully saturated rings. The molecular formula is C25H24ClN3O4S. The molecule has 0 aliphatic carbocycles. The Morgan fingerprint density at radius 1 is 1.00 bits per heavy atom. The van der Waals surface area contributed by atoms with Gasteiger partial charge >= 0.3 is 0 Å². The van der Waals surface area contributed by atoms with E-state index in [0.29, 0.717) is 22.2 Å². The number of benzene rings is 3. The molecule has 0 spiro atoms. The van der Waals surface area contributed by atoms with Crippen molar-refractivity contribution in [2.24, 2.45) is 5.10 Å². The molecule has 3 aromatic carbocycles. The summed E-state index contributed by atoms with van der Waals surface area (Å²) in [6, 6.07) is 21.3. The fraction of sp³-hybridized carbons (Fsp3) is 0.160. The van der Waals surface area contributed by atoms with Gasteiger partial charge in [-0.25, -0.2) is 5.43 Å². The lowest BCUT2D eigenvalue weighted by atomic mass is 10.2. The normalized spacial score (nSPS) is 11.6. The van der Waals surface area contributed by atoms with Crippen LogP contribution in [0.25, 0.3) is 0 Å². The van der Waals surface area contributed by atoms with E-state index in [1.165, 1.54) is 18.0 Å². The van der Waals surface area contributed by atoms with E-state index < -0.39 is 0 Å². The van der Waals surface area contributed by atoms with Crippen LogP contribution in [0.1, 0.15) is 12.5 Å². The smallest absolute Gasteiger partial charge is 0.262 e. The van der Waals surface area contributed by atoms with Crippen molar-refractivity contribution in [3.8, 4) is 11.5 Å². The third kappa shape index (κ3) is 8.13. The van der Waals surface area contributed by atoms with Gasteiger partial charge < -0.3 is 14.8 Å². The van der Waals surface area contributed by atoms with Gasteiger partial charge in [0.2, 0.25) is 0 Å². The molecule has 2 N–H and O–H groups in total. The molecule has 0 aliphatic rings. The Morgan fingerprint density at radius 2 is 1.65 bits per heavy atom. The van der Waals surface area contributed by atoms with E-state index in [-0.39, 0.29) is 23.7 Å². The highest BCUT2D eigenvalue weighted by molar-refractivity contribution is 8.00. The van der Waals surface area contributed by atoms with Gasteiger partial charge in [0.1, 0.15) is 11.5 Å². The number of carbonyl (C=O) groups excluding carboxylic acids is 2. The van der Waals surface area contributed by atoms with Crippen LogP contribution in [0.15, 0.2) is 82.8 Å². The highest BCUT2D eigenvalue weighted by Gasteiger charge is 2.13. The number of anilines is 1. The van der Waals surface area contributed by atoms with E-state index >= 15 is 0 Å². The zero-order valence-corrected chi connectivity index (χ0v) is 20.2. The Bertz CT molecular complexity index is 1120. The molecule has 3 rings (SSSR count). The third-order valence-corrected chi connectivity index (χ3v) is 5.87. The maximum Gasteiger partial charge on any atom is 0.262 e. The van der Waals surface area contributed by atoms with Crippen molar-refractivity contribution < 1.29 is 19.1 Å². The largest absolute Gasteiger partial charge is 0.497 e. The van der Waals surface area contributed by atoms with Crippen molar-refractivity contribution in [3.05, 3.63) is 83.4 Å². The van der Waals surface area contributed by atoms with E-state index in [0.717, 1.165) is 10.5 Å². The third-order valence-electron chi connectivity index (χ3n) is 4.51. The number of ether oxygens (including phenoxy) is 2. The average molecular weight is 498 g/mol. The first-order valence-corrected chi connectivity index (χ1v) is 11.6. The maximum absolute atomic E-state index is 12.2. The first-order valence-electron chi connectivity index (χ1n) is 10.3. The highest BCUT2D eigenvalue weighted by atomic mass is 35.5. The molecule has 176 valence electrons. The van der Waals surface area contributed by atoms with Crippen LogP contribution in [-0.2, 0) is 9.59 Å². The lowest BCUT2D eigenvalue weighted by Crippen LogP contribution is -2.26. The fourth-order valence-corrected chi connectivity index (χ4v) is 3.69. The van der Waals surface area contributed by atoms with Crippen LogP contribution >= 0.6 is 23.4 Å². The van der Waals surface area contributed by atoms with Gasteiger partial charge in [-0.3, -0.25) is 9.59 Å². The number of nitrogens with zero attached hydrogens (tertiary/aromatic N) is 1. The zero-order valence-electron chi connectivity index (χ0n) is 18.7. The summed E-state index contributed by atoms with van der Waals surface area (Å²) in [4.78, 5) is 25.2. The number of rotatable bonds is 10. The van der Waals surface area contributed by atoms with Gasteiger partial charge in [-0.05, 0) is 85.3 Å². The molecule has 34 heavy (non-hydrogen) atoms. The summed E-state index contributed by atoms with van der Waals surface area (Å²) in [6.07, 6.45) is 1.54. The van der Waals surface area contributed by atoms with E-state index in [2.05, 4.69) is 15.8 Å². The van der Waals surface area contributed by atoms with Crippen molar-refractivity contribution in [2.45, 2.75) is 17.1 Å². The Hall–Kier alpha value is -3.49. The van der Waals surface area contributed by atoms with Gasteiger partial charge in [-0.15, -0.1) is 11.8 Å². The lowest BCUT2D eigenvalue weighted by molar-refractivity contribution is -0.120. The lowest BCUT2D eigenvalue weighted by Gasteiger charge is -2.09. The predicted molar refractivity (Wildman–Crippen MR) is 136 cm³/mol. The second-order valence-corrected chi connectivity index (χ2v) is 8.93. The molecule has 0 unspecified atom stereocenters. The van der Waals surface area contributed by atoms with Crippen molar-refractivity contribution >= 4 is 47.1 Å². The van der Waals surface area contributed by atoms with Crippen LogP contribution in [0.3, 0.4) is 0 Å². The first kappa shape index (κ1) is 25.1. The zero-order chi connectivity index (χ0) is 24.3. The van der Waals surface area contributed by atoms with Crippen molar-refractivity contribution in [3.63, 3.8) is 0 Å². The van der Waals surface area contributed by atoms with Gasteiger partial charge in [0.05, 0.1) is 18.6 Å². The van der Waals surface area contributed by atoms with Gasteiger partial charge in [0.25, 0.3) is 11.8 Å². The standard InChI is InChI=1S/C25H24ClN3O4S/c1-17(34-23-13-5-19(26)6-14-23)25(31)29-27-15-18-3-9-22(10-4-18)33-16-24(30)28-20-7-11-21(32-2)12-8-20/h3-15,17H,16H2,1-2H3,(H,28,30)(H,29,31)/b27-15-/t17-/m1/s1. The van der Waals surface area contributed by atoms with Crippen molar-refractivity contribution in [1.29, 1.82) is 0 Å². The summed E-state index contributed by atoms with van der Waals surface area (Å²) in [5, 5.41) is 7.09. The number of thioether (sulfide) groups is 1. The van der Waals surface area contributed by atoms with Gasteiger partial charge in [0, 0.05) is 15.6 Å². The molecule has 0 aliphatic heterocycles. The molecule has 0 saturated carbocycles. The number of carbonyl (C=O) groups is 2. The minimum Gasteiger partial charge on any atom is -0.497 e. The molecule has 9 heteroatoms. The summed E-state index contributed by atoms with van der Waals surface area (Å²) < 4.78 is 10.6. The van der Waals surface area contributed by atoms with Crippen LogP contribution in [0.5, 0.6) is 11.5 Å². The highest BCUT2D eigenvalue weighted by Crippen LogP contribution is 2.24. The van der Waals surface area contributed by atoms with Gasteiger partial charge in [0.15, 0.2) is 6.61 Å². The number of hydrogen-bond donors (Lipinski definition) is 2. The number of halogens is 1. The van der Waals surface area contributed by atoms with E-state index in [1.54, 1.807) is 74.7 Å². The molecule has 0 saturated heterocycles. The van der Waals surface area contributed by atoms with E-state index in [1.807, 2.05) is 12.1 Å². The van der Waals surface area contributed by atoms with Crippen LogP contribution in [-0.4, -0.2) is 37.0 Å². The summed E-state index contributed by atoms with van der Waals surface area (Å²) in [5.41, 5.74) is 3.97. The minimum atomic E-state index is -0.321. The van der Waals surface area contributed by atoms with Gasteiger partial charge in [-0.1, -0.05) is 11.6 Å². The molecule has 7 nitrogen and oxygen atoms in total. The minimum absolute atomic E-state index is 0.126. The first-order chi connectivity index (χ1) is 16.4. The molecule has 0 bridgehead atoms. The molecule has 0 radical (unpaired) electrons. The van der Waals surface area contributed by atoms with Crippen LogP contribution in [0.4, 0.5) is 5.69 Å². The topological polar surface area (TPSA) is 89.0 Å². The maximum atomic E-state index is 12.2. The molecule has 2 amide bonds. The molecular weight excluding hydrogens is 474 g/mol. The van der Waals surface area contributed by atoms with E-state index in [9.17, 15) is 9.59 Å². The quantitative estimate of drug-likeness (QED) is 0.234. The van der Waals surface area contributed by atoms with Gasteiger partial charge in [-0.2, -0.15) is 5.10 Å². The monoisotopic (exact) mass is 497 g/mol. The average Bonchev–Trinajstić information content (AvgIpc) is 2.85. The van der Waals surface area contributed by atoms with Crippen molar-refractivity contribution in [2.75, 3.05) is 19.0 Å². The van der Waals surface area contributed by atoms with Crippen LogP contribution < -0.4 is 20.2 Å². The predicted octanol–water partition coefficient (Wildman–Crippen LogP) is 5.00. The SMILES string of the molecule is COc1ccc(NC(=O)COc2ccc(/C=N\NC(=O)[C@@H](C)Sc3ccc(Cl)cc3)cc2)cc1. The number of methoxy groups -OCH3 is 1. The number of hydrogen-bond acceptors (Lipinski definition) is 6. The number of hydrazone groups is 1. The van der Waals surface area contributed by atoms with E-state index in [4.69, 9.17) is 21.1 Å². The number of nitrogens with one attached hydrogen (secondary N) is 2. The Morgan fingerprint density at radius 3 is 2.29 bits per heavy atom. The Labute approximate surface area is 207 Å².